The van der Waals surface area contributed by atoms with Crippen molar-refractivity contribution in [2.75, 3.05) is 0 Å². The number of thioether (sulfide) groups is 1. The van der Waals surface area contributed by atoms with Crippen molar-refractivity contribution in [2.45, 2.75) is 23.9 Å². The fraction of sp³-hybridized carbons (Fsp3) is 0.200. The first-order valence-electron chi connectivity index (χ1n) is 8.90. The van der Waals surface area contributed by atoms with Gasteiger partial charge in [0.1, 0.15) is 5.82 Å². The lowest BCUT2D eigenvalue weighted by Crippen LogP contribution is -2.22. The van der Waals surface area contributed by atoms with E-state index in [1.54, 1.807) is 22.2 Å². The van der Waals surface area contributed by atoms with E-state index in [2.05, 4.69) is 15.2 Å². The molecule has 4 aromatic rings. The number of benzene rings is 2. The van der Waals surface area contributed by atoms with Crippen LogP contribution in [0.15, 0.2) is 69.3 Å². The van der Waals surface area contributed by atoms with Crippen LogP contribution in [0.5, 0.6) is 0 Å². The van der Waals surface area contributed by atoms with Crippen LogP contribution in [0.25, 0.3) is 10.9 Å². The Labute approximate surface area is 165 Å². The molecule has 28 heavy (non-hydrogen) atoms. The van der Waals surface area contributed by atoms with Crippen molar-refractivity contribution in [3.63, 3.8) is 0 Å². The Bertz CT molecular complexity index is 1230. The van der Waals surface area contributed by atoms with Gasteiger partial charge in [-0.2, -0.15) is 0 Å². The van der Waals surface area contributed by atoms with Gasteiger partial charge in [-0.25, -0.2) is 14.9 Å². The lowest BCUT2D eigenvalue weighted by Gasteiger charge is -2.09. The second-order valence-corrected chi connectivity index (χ2v) is 7.34. The predicted octanol–water partition coefficient (Wildman–Crippen LogP) is 2.35. The summed E-state index contributed by atoms with van der Waals surface area (Å²) < 4.78 is 3.17. The highest BCUT2D eigenvalue weighted by molar-refractivity contribution is 7.98. The van der Waals surface area contributed by atoms with Crippen LogP contribution >= 0.6 is 11.8 Å². The van der Waals surface area contributed by atoms with Gasteiger partial charge in [0.25, 0.3) is 5.56 Å². The number of nitrogens with one attached hydrogen (secondary N) is 1. The molecule has 0 fully saturated rings. The zero-order valence-corrected chi connectivity index (χ0v) is 16.1. The summed E-state index contributed by atoms with van der Waals surface area (Å²) >= 11 is 1.39. The van der Waals surface area contributed by atoms with Crippen molar-refractivity contribution < 1.29 is 0 Å². The van der Waals surface area contributed by atoms with Gasteiger partial charge in [0.2, 0.25) is 0 Å². The number of fused-ring (bicyclic) bond motifs is 1. The van der Waals surface area contributed by atoms with Gasteiger partial charge in [0, 0.05) is 13.6 Å². The number of hydrogen-bond acceptors (Lipinski definition) is 5. The summed E-state index contributed by atoms with van der Waals surface area (Å²) in [5, 5.41) is 7.83. The summed E-state index contributed by atoms with van der Waals surface area (Å²) in [5.74, 6) is 1.07. The van der Waals surface area contributed by atoms with Crippen LogP contribution in [-0.2, 0) is 25.8 Å². The summed E-state index contributed by atoms with van der Waals surface area (Å²) in [5.41, 5.74) is 1.51. The van der Waals surface area contributed by atoms with Crippen LogP contribution in [0.3, 0.4) is 0 Å². The van der Waals surface area contributed by atoms with E-state index in [4.69, 9.17) is 0 Å². The highest BCUT2D eigenvalue weighted by atomic mass is 32.2. The van der Waals surface area contributed by atoms with E-state index in [0.717, 1.165) is 12.0 Å². The van der Waals surface area contributed by atoms with Crippen molar-refractivity contribution >= 4 is 22.7 Å². The third-order valence-corrected chi connectivity index (χ3v) is 5.57. The SMILES string of the molecule is Cn1c(CSc2n[nH]c(=O)n2CCc2ccccc2)nc2ccccc2c1=O. The second-order valence-electron chi connectivity index (χ2n) is 6.40. The van der Waals surface area contributed by atoms with Gasteiger partial charge in [0.05, 0.1) is 16.7 Å². The van der Waals surface area contributed by atoms with Crippen LogP contribution in [-0.4, -0.2) is 24.3 Å². The predicted molar refractivity (Wildman–Crippen MR) is 110 cm³/mol. The molecule has 0 aliphatic heterocycles. The maximum Gasteiger partial charge on any atom is 0.343 e. The highest BCUT2D eigenvalue weighted by Gasteiger charge is 2.13. The molecule has 142 valence electrons. The zero-order valence-electron chi connectivity index (χ0n) is 15.3. The molecule has 0 bridgehead atoms. The summed E-state index contributed by atoms with van der Waals surface area (Å²) in [7, 11) is 1.71. The van der Waals surface area contributed by atoms with Gasteiger partial charge in [-0.15, -0.1) is 5.10 Å². The summed E-state index contributed by atoms with van der Waals surface area (Å²) in [6, 6.07) is 17.3. The molecule has 0 atom stereocenters. The van der Waals surface area contributed by atoms with E-state index in [0.29, 0.717) is 34.2 Å². The molecule has 0 aliphatic rings. The van der Waals surface area contributed by atoms with Crippen LogP contribution in [0, 0.1) is 0 Å². The Kier molecular flexibility index (Phi) is 5.12. The van der Waals surface area contributed by atoms with Gasteiger partial charge in [-0.3, -0.25) is 13.9 Å². The first-order chi connectivity index (χ1) is 13.6. The van der Waals surface area contributed by atoms with Crippen LogP contribution < -0.4 is 11.2 Å². The minimum Gasteiger partial charge on any atom is -0.299 e. The summed E-state index contributed by atoms with van der Waals surface area (Å²) in [6.45, 7) is 0.533. The van der Waals surface area contributed by atoms with Gasteiger partial charge >= 0.3 is 5.69 Å². The molecule has 7 nitrogen and oxygen atoms in total. The van der Waals surface area contributed by atoms with Crippen LogP contribution in [0.4, 0.5) is 0 Å². The van der Waals surface area contributed by atoms with Gasteiger partial charge in [-0.05, 0) is 24.1 Å². The van der Waals surface area contributed by atoms with Crippen molar-refractivity contribution in [1.82, 2.24) is 24.3 Å². The monoisotopic (exact) mass is 393 g/mol. The number of para-hydroxylation sites is 1. The van der Waals surface area contributed by atoms with Gasteiger partial charge in [0.15, 0.2) is 5.16 Å². The molecule has 0 amide bonds. The Hall–Kier alpha value is -3.13. The quantitative estimate of drug-likeness (QED) is 0.508. The molecule has 2 aromatic heterocycles. The maximum atomic E-state index is 12.5. The van der Waals surface area contributed by atoms with Crippen LogP contribution in [0.1, 0.15) is 11.4 Å². The van der Waals surface area contributed by atoms with E-state index < -0.39 is 0 Å². The first-order valence-corrected chi connectivity index (χ1v) is 9.88. The molecule has 0 saturated carbocycles. The lowest BCUT2D eigenvalue weighted by molar-refractivity contribution is 0.615. The number of H-pyrrole nitrogens is 1. The van der Waals surface area contributed by atoms with E-state index in [1.165, 1.54) is 11.8 Å². The highest BCUT2D eigenvalue weighted by Crippen LogP contribution is 2.19. The summed E-state index contributed by atoms with van der Waals surface area (Å²) in [6.07, 6.45) is 0.737. The minimum absolute atomic E-state index is 0.0790. The number of aromatic amines is 1. The molecule has 0 spiro atoms. The Morgan fingerprint density at radius 3 is 2.61 bits per heavy atom. The number of aromatic nitrogens is 5. The fourth-order valence-electron chi connectivity index (χ4n) is 3.02. The fourth-order valence-corrected chi connectivity index (χ4v) is 3.97. The first kappa shape index (κ1) is 18.2. The molecule has 2 aromatic carbocycles. The van der Waals surface area contributed by atoms with Crippen molar-refractivity contribution in [2.24, 2.45) is 7.05 Å². The molecule has 2 heterocycles. The molecule has 4 rings (SSSR count). The van der Waals surface area contributed by atoms with E-state index in [1.807, 2.05) is 48.5 Å². The lowest BCUT2D eigenvalue weighted by atomic mass is 10.1. The third kappa shape index (κ3) is 3.63. The van der Waals surface area contributed by atoms with E-state index in [9.17, 15) is 9.59 Å². The third-order valence-electron chi connectivity index (χ3n) is 4.60. The average molecular weight is 393 g/mol. The number of nitrogens with zero attached hydrogens (tertiary/aromatic N) is 4. The number of hydrogen-bond donors (Lipinski definition) is 1. The van der Waals surface area contributed by atoms with E-state index in [-0.39, 0.29) is 11.2 Å². The Morgan fingerprint density at radius 1 is 1.04 bits per heavy atom. The molecule has 0 unspecified atom stereocenters. The number of aryl methyl sites for hydroxylation is 1. The summed E-state index contributed by atoms with van der Waals surface area (Å²) in [4.78, 5) is 29.3. The zero-order chi connectivity index (χ0) is 19.5. The van der Waals surface area contributed by atoms with E-state index >= 15 is 0 Å². The minimum atomic E-state index is -0.237. The molecule has 0 saturated heterocycles. The smallest absolute Gasteiger partial charge is 0.299 e. The average Bonchev–Trinajstić information content (AvgIpc) is 3.08. The van der Waals surface area contributed by atoms with Gasteiger partial charge < -0.3 is 0 Å². The Morgan fingerprint density at radius 2 is 1.79 bits per heavy atom. The van der Waals surface area contributed by atoms with Crippen molar-refractivity contribution in [3.05, 3.63) is 86.8 Å². The second kappa shape index (κ2) is 7.85. The van der Waals surface area contributed by atoms with Crippen LogP contribution in [0.2, 0.25) is 0 Å². The molecule has 1 N–H and O–H groups in total. The van der Waals surface area contributed by atoms with Gasteiger partial charge in [-0.1, -0.05) is 54.2 Å². The normalized spacial score (nSPS) is 11.2. The molecular weight excluding hydrogens is 374 g/mol. The Balaban J connectivity index is 1.55. The maximum absolute atomic E-state index is 12.5. The molecule has 0 aliphatic carbocycles. The largest absolute Gasteiger partial charge is 0.343 e. The standard InChI is InChI=1S/C20H19N5O2S/c1-24-17(21-16-10-6-5-9-15(16)18(24)26)13-28-20-23-22-19(27)25(20)12-11-14-7-3-2-4-8-14/h2-10H,11-13H2,1H3,(H,22,27). The topological polar surface area (TPSA) is 85.6 Å². The number of rotatable bonds is 6. The molecule has 0 radical (unpaired) electrons. The van der Waals surface area contributed by atoms with Crippen molar-refractivity contribution in [1.29, 1.82) is 0 Å². The van der Waals surface area contributed by atoms with Crippen molar-refractivity contribution in [3.8, 4) is 0 Å². The molecular formula is C20H19N5O2S. The molecule has 8 heteroatoms.